The molecule has 0 aliphatic rings. The molecule has 0 unspecified atom stereocenters. The van der Waals surface area contributed by atoms with Gasteiger partial charge < -0.3 is 0 Å². The van der Waals surface area contributed by atoms with Crippen LogP contribution in [-0.4, -0.2) is 28.8 Å². The van der Waals surface area contributed by atoms with Crippen LogP contribution in [0.15, 0.2) is 41.4 Å². The zero-order chi connectivity index (χ0) is 17.5. The lowest BCUT2D eigenvalue weighted by Crippen LogP contribution is -2.16. The van der Waals surface area contributed by atoms with E-state index in [2.05, 4.69) is 14.9 Å². The Balaban J connectivity index is 2.05. The number of carbonyl (C=O) groups is 1. The number of sulfonamides is 1. The number of ketones is 1. The number of nitrogens with zero attached hydrogens (tertiary/aromatic N) is 3. The average Bonchev–Trinajstić information content (AvgIpc) is 2.88. The summed E-state index contributed by atoms with van der Waals surface area (Å²) in [4.78, 5) is 11.3. The fourth-order valence-electron chi connectivity index (χ4n) is 2.17. The molecule has 0 bridgehead atoms. The van der Waals surface area contributed by atoms with E-state index in [1.165, 1.54) is 29.5 Å². The van der Waals surface area contributed by atoms with Gasteiger partial charge in [0.2, 0.25) is 5.95 Å². The lowest BCUT2D eigenvalue weighted by molar-refractivity contribution is 0.101. The Kier molecular flexibility index (Phi) is 4.02. The summed E-state index contributed by atoms with van der Waals surface area (Å²) < 4.78 is 29.1. The summed E-state index contributed by atoms with van der Waals surface area (Å²) in [6.07, 6.45) is 1.66. The quantitative estimate of drug-likeness (QED) is 0.718. The number of aromatic nitrogens is 3. The molecule has 2 heterocycles. The zero-order valence-corrected chi connectivity index (χ0v) is 14.4. The van der Waals surface area contributed by atoms with Crippen LogP contribution in [0.2, 0.25) is 5.02 Å². The van der Waals surface area contributed by atoms with Gasteiger partial charge in [-0.2, -0.15) is 0 Å². The van der Waals surface area contributed by atoms with Crippen LogP contribution in [-0.2, 0) is 10.0 Å². The van der Waals surface area contributed by atoms with Crippen molar-refractivity contribution in [3.8, 4) is 0 Å². The summed E-state index contributed by atoms with van der Waals surface area (Å²) in [5, 5.41) is 7.78. The fraction of sp³-hybridized carbons (Fsp3) is 0.133. The second-order valence-corrected chi connectivity index (χ2v) is 7.32. The molecule has 3 aromatic rings. The molecule has 0 spiro atoms. The van der Waals surface area contributed by atoms with E-state index < -0.39 is 10.0 Å². The highest BCUT2D eigenvalue weighted by atomic mass is 35.5. The molecule has 0 saturated heterocycles. The highest BCUT2D eigenvalue weighted by Crippen LogP contribution is 2.25. The summed E-state index contributed by atoms with van der Waals surface area (Å²) in [5.74, 6) is -0.221. The first-order valence-corrected chi connectivity index (χ1v) is 8.79. The van der Waals surface area contributed by atoms with Crippen LogP contribution in [0.5, 0.6) is 0 Å². The standard InChI is InChI=1S/C15H13ClN4O3S/c1-9-5-6-20-14(7-9)17-18-15(20)19-24(22,23)13-8-11(10(2)21)3-4-12(13)16/h3-8H,1-2H3,(H,18,19). The first-order chi connectivity index (χ1) is 11.3. The maximum Gasteiger partial charge on any atom is 0.265 e. The number of pyridine rings is 1. The summed E-state index contributed by atoms with van der Waals surface area (Å²) >= 11 is 5.99. The molecule has 7 nitrogen and oxygen atoms in total. The van der Waals surface area contributed by atoms with Gasteiger partial charge in [-0.15, -0.1) is 10.2 Å². The van der Waals surface area contributed by atoms with Crippen LogP contribution in [0.25, 0.3) is 5.65 Å². The average molecular weight is 365 g/mol. The molecule has 0 aliphatic carbocycles. The van der Waals surface area contributed by atoms with E-state index in [0.29, 0.717) is 5.65 Å². The van der Waals surface area contributed by atoms with Crippen molar-refractivity contribution in [2.24, 2.45) is 0 Å². The Bertz CT molecular complexity index is 1060. The van der Waals surface area contributed by atoms with Crippen molar-refractivity contribution >= 4 is 39.0 Å². The molecule has 124 valence electrons. The second-order valence-electron chi connectivity index (χ2n) is 5.26. The van der Waals surface area contributed by atoms with E-state index in [0.717, 1.165) is 5.56 Å². The van der Waals surface area contributed by atoms with Gasteiger partial charge in [-0.1, -0.05) is 11.6 Å². The molecule has 24 heavy (non-hydrogen) atoms. The number of hydrogen-bond acceptors (Lipinski definition) is 5. The number of benzene rings is 1. The summed E-state index contributed by atoms with van der Waals surface area (Å²) in [6.45, 7) is 3.24. The van der Waals surface area contributed by atoms with Crippen molar-refractivity contribution in [3.05, 3.63) is 52.7 Å². The molecule has 0 aliphatic heterocycles. The minimum Gasteiger partial charge on any atom is -0.295 e. The van der Waals surface area contributed by atoms with E-state index in [1.54, 1.807) is 18.3 Å². The van der Waals surface area contributed by atoms with Crippen LogP contribution < -0.4 is 4.72 Å². The summed E-state index contributed by atoms with van der Waals surface area (Å²) in [6, 6.07) is 7.66. The molecule has 0 atom stereocenters. The SMILES string of the molecule is CC(=O)c1ccc(Cl)c(S(=O)(=O)Nc2nnc3cc(C)ccn23)c1. The van der Waals surface area contributed by atoms with Crippen molar-refractivity contribution in [3.63, 3.8) is 0 Å². The maximum absolute atomic E-state index is 12.6. The third kappa shape index (κ3) is 2.98. The van der Waals surface area contributed by atoms with Gasteiger partial charge in [0.15, 0.2) is 11.4 Å². The zero-order valence-electron chi connectivity index (χ0n) is 12.8. The lowest BCUT2D eigenvalue weighted by Gasteiger charge is -2.09. The molecule has 0 radical (unpaired) electrons. The third-order valence-electron chi connectivity index (χ3n) is 3.42. The number of hydrogen-bond donors (Lipinski definition) is 1. The van der Waals surface area contributed by atoms with Crippen LogP contribution in [0.3, 0.4) is 0 Å². The summed E-state index contributed by atoms with van der Waals surface area (Å²) in [7, 11) is -4.03. The smallest absolute Gasteiger partial charge is 0.265 e. The second kappa shape index (κ2) is 5.88. The summed E-state index contributed by atoms with van der Waals surface area (Å²) in [5.41, 5.74) is 1.74. The first kappa shape index (κ1) is 16.4. The van der Waals surface area contributed by atoms with Gasteiger partial charge in [-0.05, 0) is 49.7 Å². The molecule has 9 heteroatoms. The van der Waals surface area contributed by atoms with Crippen LogP contribution in [0, 0.1) is 6.92 Å². The first-order valence-electron chi connectivity index (χ1n) is 6.92. The van der Waals surface area contributed by atoms with Crippen molar-refractivity contribution in [2.75, 3.05) is 4.72 Å². The monoisotopic (exact) mass is 364 g/mol. The Hall–Kier alpha value is -2.45. The van der Waals surface area contributed by atoms with Crippen molar-refractivity contribution in [1.82, 2.24) is 14.6 Å². The van der Waals surface area contributed by atoms with Gasteiger partial charge in [0.1, 0.15) is 4.90 Å². The van der Waals surface area contributed by atoms with Gasteiger partial charge in [-0.3, -0.25) is 9.20 Å². The largest absolute Gasteiger partial charge is 0.295 e. The lowest BCUT2D eigenvalue weighted by atomic mass is 10.1. The molecule has 2 aromatic heterocycles. The Morgan fingerprint density at radius 1 is 1.21 bits per heavy atom. The molecule has 0 fully saturated rings. The highest BCUT2D eigenvalue weighted by Gasteiger charge is 2.22. The molecule has 3 rings (SSSR count). The predicted molar refractivity (Wildman–Crippen MR) is 90.0 cm³/mol. The van der Waals surface area contributed by atoms with Crippen molar-refractivity contribution in [1.29, 1.82) is 0 Å². The number of halogens is 1. The number of aryl methyl sites for hydroxylation is 1. The Labute approximate surface area is 143 Å². The van der Waals surface area contributed by atoms with E-state index in [9.17, 15) is 13.2 Å². The van der Waals surface area contributed by atoms with E-state index in [-0.39, 0.29) is 27.2 Å². The van der Waals surface area contributed by atoms with Crippen LogP contribution in [0.4, 0.5) is 5.95 Å². The van der Waals surface area contributed by atoms with Gasteiger partial charge in [0.05, 0.1) is 5.02 Å². The van der Waals surface area contributed by atoms with E-state index in [4.69, 9.17) is 11.6 Å². The molecule has 1 N–H and O–H groups in total. The van der Waals surface area contributed by atoms with Gasteiger partial charge in [-0.25, -0.2) is 13.1 Å². The third-order valence-corrected chi connectivity index (χ3v) is 5.23. The minimum absolute atomic E-state index is 0.0113. The molecular formula is C15H13ClN4O3S. The highest BCUT2D eigenvalue weighted by molar-refractivity contribution is 7.92. The number of rotatable bonds is 4. The maximum atomic E-state index is 12.6. The Morgan fingerprint density at radius 3 is 2.67 bits per heavy atom. The molecule has 0 saturated carbocycles. The van der Waals surface area contributed by atoms with Crippen LogP contribution >= 0.6 is 11.6 Å². The Morgan fingerprint density at radius 2 is 1.96 bits per heavy atom. The predicted octanol–water partition coefficient (Wildman–Crippen LogP) is 2.69. The number of nitrogens with one attached hydrogen (secondary N) is 1. The van der Waals surface area contributed by atoms with E-state index in [1.807, 2.05) is 6.92 Å². The van der Waals surface area contributed by atoms with Gasteiger partial charge in [0, 0.05) is 11.8 Å². The number of anilines is 1. The normalized spacial score (nSPS) is 11.6. The molecular weight excluding hydrogens is 352 g/mol. The number of fused-ring (bicyclic) bond motifs is 1. The van der Waals surface area contributed by atoms with E-state index >= 15 is 0 Å². The minimum atomic E-state index is -4.03. The van der Waals surface area contributed by atoms with Crippen molar-refractivity contribution in [2.45, 2.75) is 18.7 Å². The van der Waals surface area contributed by atoms with Gasteiger partial charge in [0.25, 0.3) is 10.0 Å². The van der Waals surface area contributed by atoms with Gasteiger partial charge >= 0.3 is 0 Å². The number of carbonyl (C=O) groups excluding carboxylic acids is 1. The van der Waals surface area contributed by atoms with Crippen LogP contribution in [0.1, 0.15) is 22.8 Å². The molecule has 1 aromatic carbocycles. The topological polar surface area (TPSA) is 93.4 Å². The number of Topliss-reactive ketones (excluding diaryl/α,β-unsaturated/α-hetero) is 1. The fourth-order valence-corrected chi connectivity index (χ4v) is 3.68. The molecule has 0 amide bonds. The van der Waals surface area contributed by atoms with Crippen molar-refractivity contribution < 1.29 is 13.2 Å².